The largest absolute Gasteiger partial charge is 0.240 e. The Morgan fingerprint density at radius 1 is 1.23 bits per heavy atom. The molecule has 0 N–H and O–H groups in total. The van der Waals surface area contributed by atoms with E-state index in [1.165, 1.54) is 52.1 Å². The van der Waals surface area contributed by atoms with E-state index in [0.29, 0.717) is 0 Å². The van der Waals surface area contributed by atoms with Crippen molar-refractivity contribution >= 4 is 15.9 Å². The second kappa shape index (κ2) is 4.58. The Hall–Kier alpha value is 0.140. The highest BCUT2D eigenvalue weighted by atomic mass is 31.8. The lowest BCUT2D eigenvalue weighted by molar-refractivity contribution is 0.580. The average molecular weight is 213 g/mol. The van der Waals surface area contributed by atoms with Crippen LogP contribution in [0.3, 0.4) is 0 Å². The summed E-state index contributed by atoms with van der Waals surface area (Å²) in [6.45, 7) is 2.27. The van der Waals surface area contributed by atoms with Gasteiger partial charge >= 0.3 is 0 Å². The van der Waals surface area contributed by atoms with Crippen LogP contribution in [0.15, 0.2) is 0 Å². The molecule has 0 radical (unpaired) electrons. The maximum absolute atomic E-state index is 4.68. The summed E-state index contributed by atoms with van der Waals surface area (Å²) in [7, 11) is 2.30. The number of hydrogen-bond acceptors (Lipinski definition) is 1. The Balaban J connectivity index is 2.10. The zero-order chi connectivity index (χ0) is 9.10. The van der Waals surface area contributed by atoms with E-state index in [1.54, 1.807) is 5.30 Å². The van der Waals surface area contributed by atoms with E-state index >= 15 is 0 Å². The van der Waals surface area contributed by atoms with Gasteiger partial charge in [0.05, 0.1) is 5.69 Å². The van der Waals surface area contributed by atoms with Gasteiger partial charge in [0.2, 0.25) is 0 Å². The summed E-state index contributed by atoms with van der Waals surface area (Å²) in [5, 5.41) is 1.56. The highest BCUT2D eigenvalue weighted by molar-refractivity contribution is 7.89. The van der Waals surface area contributed by atoms with Gasteiger partial charge in [-0.3, -0.25) is 0 Å². The quantitative estimate of drug-likeness (QED) is 0.628. The third kappa shape index (κ3) is 2.33. The van der Waals surface area contributed by atoms with Crippen LogP contribution in [0.1, 0.15) is 55.4 Å². The Kier molecular flexibility index (Phi) is 3.41. The molecule has 72 valence electrons. The maximum atomic E-state index is 4.68. The number of rotatable bonds is 1. The highest BCUT2D eigenvalue weighted by Crippen LogP contribution is 2.37. The van der Waals surface area contributed by atoms with Crippen LogP contribution < -0.4 is 0 Å². The van der Waals surface area contributed by atoms with Gasteiger partial charge in [0, 0.05) is 11.2 Å². The number of hydrogen-bond donors (Lipinski definition) is 0. The minimum atomic E-state index is 0.815. The first-order chi connectivity index (χ1) is 6.38. The first-order valence-electron chi connectivity index (χ1n) is 5.25. The van der Waals surface area contributed by atoms with E-state index in [1.807, 2.05) is 0 Å². The Bertz CT molecular complexity index is 262. The van der Waals surface area contributed by atoms with Crippen molar-refractivity contribution in [2.75, 3.05) is 0 Å². The Labute approximate surface area is 83.5 Å². The first kappa shape index (κ1) is 9.69. The fourth-order valence-electron chi connectivity index (χ4n) is 2.23. The summed E-state index contributed by atoms with van der Waals surface area (Å²) < 4.78 is 4.68. The second-order valence-electron chi connectivity index (χ2n) is 3.98. The molecule has 1 aromatic heterocycles. The van der Waals surface area contributed by atoms with E-state index in [4.69, 9.17) is 0 Å². The van der Waals surface area contributed by atoms with E-state index < -0.39 is 0 Å². The topological polar surface area (TPSA) is 12.9 Å². The lowest BCUT2D eigenvalue weighted by atomic mass is 9.96. The van der Waals surface area contributed by atoms with Crippen molar-refractivity contribution in [3.63, 3.8) is 0 Å². The van der Waals surface area contributed by atoms with E-state index in [0.717, 1.165) is 13.9 Å². The van der Waals surface area contributed by atoms with Crippen LogP contribution >= 0.6 is 15.9 Å². The van der Waals surface area contributed by atoms with Crippen molar-refractivity contribution in [1.29, 1.82) is 0 Å². The lowest BCUT2D eigenvalue weighted by Gasteiger charge is -2.11. The molecule has 1 saturated carbocycles. The van der Waals surface area contributed by atoms with Crippen LogP contribution in [0.2, 0.25) is 0 Å². The summed E-state index contributed by atoms with van der Waals surface area (Å²) in [5.74, 6) is 0.824. The fourth-order valence-corrected chi connectivity index (χ4v) is 4.60. The molecule has 0 bridgehead atoms. The van der Waals surface area contributed by atoms with Gasteiger partial charge in [-0.25, -0.2) is 4.75 Å². The normalized spacial score (nSPS) is 21.3. The van der Waals surface area contributed by atoms with Gasteiger partial charge in [-0.1, -0.05) is 25.7 Å². The number of nitrogens with zero attached hydrogens (tertiary/aromatic N) is 1. The first-order valence-corrected chi connectivity index (χ1v) is 7.93. The fraction of sp³-hybridized carbons (Fsp3) is 0.800. The molecule has 1 heterocycles. The van der Waals surface area contributed by atoms with Gasteiger partial charge in [-0.05, 0) is 35.7 Å². The summed E-state index contributed by atoms with van der Waals surface area (Å²) in [5.41, 5.74) is 1.49. The van der Waals surface area contributed by atoms with Crippen LogP contribution in [-0.4, -0.2) is 4.75 Å². The molecule has 1 fully saturated rings. The second-order valence-corrected chi connectivity index (χ2v) is 6.57. The van der Waals surface area contributed by atoms with Gasteiger partial charge in [0.25, 0.3) is 0 Å². The van der Waals surface area contributed by atoms with Gasteiger partial charge in [0.15, 0.2) is 0 Å². The van der Waals surface area contributed by atoms with Crippen LogP contribution in [0.4, 0.5) is 0 Å². The van der Waals surface area contributed by atoms with Crippen molar-refractivity contribution in [3.8, 4) is 0 Å². The predicted octanol–water partition coefficient (Wildman–Crippen LogP) is 4.44. The summed E-state index contributed by atoms with van der Waals surface area (Å²) in [6, 6.07) is 0. The summed E-state index contributed by atoms with van der Waals surface area (Å²) in [6.07, 6.45) is 8.55. The van der Waals surface area contributed by atoms with Crippen LogP contribution in [0.5, 0.6) is 0 Å². The molecule has 1 aliphatic rings. The summed E-state index contributed by atoms with van der Waals surface area (Å²) >= 11 is 0. The molecule has 13 heavy (non-hydrogen) atoms. The van der Waals surface area contributed by atoms with Crippen molar-refractivity contribution in [3.05, 3.63) is 11.0 Å². The minimum Gasteiger partial charge on any atom is -0.240 e. The smallest absolute Gasteiger partial charge is 0.0554 e. The van der Waals surface area contributed by atoms with Crippen LogP contribution in [-0.2, 0) is 0 Å². The van der Waals surface area contributed by atoms with Crippen molar-refractivity contribution < 1.29 is 0 Å². The minimum absolute atomic E-state index is 0.815. The standard InChI is InChI=1S/C10H17NP2/c1-8-10(11-13-12-8)9-6-4-2-3-5-7-9/h9,13H,2-7H2,1H3. The molecule has 1 nitrogen and oxygen atoms in total. The van der Waals surface area contributed by atoms with Gasteiger partial charge in [-0.2, -0.15) is 0 Å². The van der Waals surface area contributed by atoms with E-state index in [9.17, 15) is 0 Å². The molecule has 2 rings (SSSR count). The number of aromatic nitrogens is 1. The maximum Gasteiger partial charge on any atom is 0.0554 e. The molecule has 0 amide bonds. The number of aryl methyl sites for hydroxylation is 1. The zero-order valence-electron chi connectivity index (χ0n) is 8.21. The molecular weight excluding hydrogens is 196 g/mol. The molecule has 1 unspecified atom stereocenters. The van der Waals surface area contributed by atoms with Gasteiger partial charge in [-0.15, -0.1) is 0 Å². The average Bonchev–Trinajstić information content (AvgIpc) is 2.43. The molecular formula is C10H17NP2. The van der Waals surface area contributed by atoms with Crippen LogP contribution in [0, 0.1) is 6.92 Å². The van der Waals surface area contributed by atoms with Gasteiger partial charge < -0.3 is 0 Å². The lowest BCUT2D eigenvalue weighted by Crippen LogP contribution is -1.98. The molecule has 1 aromatic rings. The molecule has 1 aliphatic carbocycles. The van der Waals surface area contributed by atoms with E-state index in [-0.39, 0.29) is 0 Å². The Morgan fingerprint density at radius 3 is 2.46 bits per heavy atom. The Morgan fingerprint density at radius 2 is 1.92 bits per heavy atom. The van der Waals surface area contributed by atoms with Crippen molar-refractivity contribution in [2.24, 2.45) is 0 Å². The molecule has 1 atom stereocenters. The molecule has 3 heteroatoms. The highest BCUT2D eigenvalue weighted by Gasteiger charge is 2.17. The van der Waals surface area contributed by atoms with Crippen LogP contribution in [0.25, 0.3) is 0 Å². The molecule has 0 aromatic carbocycles. The molecule has 0 saturated heterocycles. The third-order valence-electron chi connectivity index (χ3n) is 3.00. The monoisotopic (exact) mass is 213 g/mol. The van der Waals surface area contributed by atoms with Gasteiger partial charge in [0.1, 0.15) is 0 Å². The summed E-state index contributed by atoms with van der Waals surface area (Å²) in [4.78, 5) is 0. The zero-order valence-corrected chi connectivity index (χ0v) is 10.1. The van der Waals surface area contributed by atoms with E-state index in [2.05, 4.69) is 11.7 Å². The SMILES string of the molecule is Cc1p[pH]nc1C1CCCCCC1. The molecule has 0 spiro atoms. The molecule has 0 aliphatic heterocycles. The third-order valence-corrected chi connectivity index (χ3v) is 5.61. The van der Waals surface area contributed by atoms with Crippen molar-refractivity contribution in [1.82, 2.24) is 4.75 Å². The van der Waals surface area contributed by atoms with Crippen molar-refractivity contribution in [2.45, 2.75) is 51.4 Å². The predicted molar refractivity (Wildman–Crippen MR) is 61.4 cm³/mol.